The van der Waals surface area contributed by atoms with Gasteiger partial charge < -0.3 is 19.6 Å². The number of nitrogens with zero attached hydrogens (tertiary/aromatic N) is 1. The normalized spacial score (nSPS) is 13.6. The Kier molecular flexibility index (Phi) is 3.27. The molecule has 1 aromatic heterocycles. The molecule has 2 N–H and O–H groups in total. The number of nitrogens with one attached hydrogen (secondary N) is 1. The van der Waals surface area contributed by atoms with Crippen LogP contribution in [0.25, 0.3) is 11.0 Å². The number of halogens is 3. The number of ether oxygens (including phenoxy) is 2. The Labute approximate surface area is 106 Å². The van der Waals surface area contributed by atoms with Gasteiger partial charge in [-0.25, -0.2) is 4.98 Å². The van der Waals surface area contributed by atoms with Crippen LogP contribution in [0.2, 0.25) is 0 Å². The van der Waals surface area contributed by atoms with E-state index in [0.29, 0.717) is 17.0 Å². The summed E-state index contributed by atoms with van der Waals surface area (Å²) in [7, 11) is 2.81. The van der Waals surface area contributed by atoms with Crippen molar-refractivity contribution in [2.45, 2.75) is 12.3 Å². The van der Waals surface area contributed by atoms with Gasteiger partial charge in [0, 0.05) is 12.1 Å². The van der Waals surface area contributed by atoms with Crippen molar-refractivity contribution in [3.8, 4) is 11.5 Å². The number of aliphatic hydroxyl groups excluding tert-OH is 1. The fraction of sp³-hybridized carbons (Fsp3) is 0.364. The molecule has 19 heavy (non-hydrogen) atoms. The number of alkyl halides is 3. The maximum absolute atomic E-state index is 12.4. The predicted molar refractivity (Wildman–Crippen MR) is 60.2 cm³/mol. The number of rotatable bonds is 3. The van der Waals surface area contributed by atoms with Gasteiger partial charge in [0.1, 0.15) is 5.82 Å². The van der Waals surface area contributed by atoms with Gasteiger partial charge in [-0.15, -0.1) is 0 Å². The minimum Gasteiger partial charge on any atom is -0.493 e. The number of hydrogen-bond acceptors (Lipinski definition) is 4. The van der Waals surface area contributed by atoms with E-state index in [2.05, 4.69) is 9.97 Å². The minimum atomic E-state index is -4.78. The average Bonchev–Trinajstić information content (AvgIpc) is 2.77. The fourth-order valence-corrected chi connectivity index (χ4v) is 1.64. The largest absolute Gasteiger partial charge is 0.493 e. The summed E-state index contributed by atoms with van der Waals surface area (Å²) in [5.74, 6) is 0.124. The van der Waals surface area contributed by atoms with Crippen molar-refractivity contribution in [3.63, 3.8) is 0 Å². The molecule has 1 atom stereocenters. The maximum atomic E-state index is 12.4. The lowest BCUT2D eigenvalue weighted by atomic mass is 10.3. The zero-order chi connectivity index (χ0) is 14.2. The van der Waals surface area contributed by atoms with Crippen molar-refractivity contribution in [2.24, 2.45) is 0 Å². The molecule has 0 amide bonds. The van der Waals surface area contributed by atoms with E-state index in [0.717, 1.165) is 0 Å². The molecule has 0 aliphatic heterocycles. The van der Waals surface area contributed by atoms with Gasteiger partial charge in [-0.2, -0.15) is 13.2 Å². The van der Waals surface area contributed by atoms with Crippen LogP contribution < -0.4 is 9.47 Å². The Morgan fingerprint density at radius 2 is 1.79 bits per heavy atom. The highest BCUT2D eigenvalue weighted by Gasteiger charge is 2.41. The van der Waals surface area contributed by atoms with Gasteiger partial charge in [-0.3, -0.25) is 0 Å². The van der Waals surface area contributed by atoms with Crippen molar-refractivity contribution < 1.29 is 27.8 Å². The van der Waals surface area contributed by atoms with Crippen molar-refractivity contribution >= 4 is 11.0 Å². The van der Waals surface area contributed by atoms with Gasteiger partial charge in [0.05, 0.1) is 25.3 Å². The van der Waals surface area contributed by atoms with E-state index in [4.69, 9.17) is 14.6 Å². The molecule has 2 aromatic rings. The number of hydrogen-bond donors (Lipinski definition) is 2. The van der Waals surface area contributed by atoms with Crippen LogP contribution in [-0.2, 0) is 0 Å². The lowest BCUT2D eigenvalue weighted by molar-refractivity contribution is -0.208. The quantitative estimate of drug-likeness (QED) is 0.901. The smallest absolute Gasteiger partial charge is 0.421 e. The Morgan fingerprint density at radius 1 is 1.21 bits per heavy atom. The second-order valence-electron chi connectivity index (χ2n) is 3.79. The number of aromatic amines is 1. The monoisotopic (exact) mass is 276 g/mol. The van der Waals surface area contributed by atoms with E-state index in [9.17, 15) is 13.2 Å². The number of imidazole rings is 1. The first kappa shape index (κ1) is 13.5. The third-order valence-corrected chi connectivity index (χ3v) is 2.57. The molecular formula is C11H11F3N2O3. The summed E-state index contributed by atoms with van der Waals surface area (Å²) < 4.78 is 47.2. The molecule has 0 spiro atoms. The van der Waals surface area contributed by atoms with Crippen LogP contribution in [0.15, 0.2) is 12.1 Å². The molecule has 5 nitrogen and oxygen atoms in total. The summed E-state index contributed by atoms with van der Waals surface area (Å²) in [4.78, 5) is 6.11. The lowest BCUT2D eigenvalue weighted by Crippen LogP contribution is -2.21. The Balaban J connectivity index is 2.52. The molecule has 1 unspecified atom stereocenters. The molecule has 0 saturated carbocycles. The van der Waals surface area contributed by atoms with Gasteiger partial charge in [0.25, 0.3) is 0 Å². The zero-order valence-electron chi connectivity index (χ0n) is 10.1. The topological polar surface area (TPSA) is 67.4 Å². The van der Waals surface area contributed by atoms with Gasteiger partial charge in [-0.05, 0) is 0 Å². The van der Waals surface area contributed by atoms with Crippen molar-refractivity contribution in [1.82, 2.24) is 9.97 Å². The number of aromatic nitrogens is 2. The summed E-state index contributed by atoms with van der Waals surface area (Å²) in [5, 5.41) is 9.13. The van der Waals surface area contributed by atoms with E-state index >= 15 is 0 Å². The molecule has 0 aliphatic carbocycles. The van der Waals surface area contributed by atoms with Crippen LogP contribution in [0.5, 0.6) is 11.5 Å². The van der Waals surface area contributed by atoms with Crippen LogP contribution in [0, 0.1) is 0 Å². The van der Waals surface area contributed by atoms with E-state index in [1.165, 1.54) is 26.4 Å². The molecule has 1 aromatic carbocycles. The van der Waals surface area contributed by atoms with E-state index in [-0.39, 0.29) is 5.52 Å². The summed E-state index contributed by atoms with van der Waals surface area (Å²) in [6, 6.07) is 2.88. The molecule has 104 valence electrons. The molecule has 8 heteroatoms. The van der Waals surface area contributed by atoms with Gasteiger partial charge >= 0.3 is 6.18 Å². The average molecular weight is 276 g/mol. The highest BCUT2D eigenvalue weighted by Crippen LogP contribution is 2.35. The Bertz CT molecular complexity index is 554. The summed E-state index contributed by atoms with van der Waals surface area (Å²) >= 11 is 0. The summed E-state index contributed by atoms with van der Waals surface area (Å²) in [6.07, 6.45) is -7.43. The van der Waals surface area contributed by atoms with Crippen LogP contribution in [0.4, 0.5) is 13.2 Å². The highest BCUT2D eigenvalue weighted by molar-refractivity contribution is 5.79. The second-order valence-corrected chi connectivity index (χ2v) is 3.79. The molecule has 2 rings (SSSR count). The molecule has 1 heterocycles. The second kappa shape index (κ2) is 4.61. The van der Waals surface area contributed by atoms with E-state index in [1.54, 1.807) is 0 Å². The molecule has 0 radical (unpaired) electrons. The third kappa shape index (κ3) is 2.43. The molecule has 0 bridgehead atoms. The molecule has 0 saturated heterocycles. The number of aliphatic hydroxyl groups is 1. The summed E-state index contributed by atoms with van der Waals surface area (Å²) in [5.41, 5.74) is 0.562. The fourth-order valence-electron chi connectivity index (χ4n) is 1.64. The number of benzene rings is 1. The first-order valence-corrected chi connectivity index (χ1v) is 5.23. The first-order valence-electron chi connectivity index (χ1n) is 5.23. The van der Waals surface area contributed by atoms with Gasteiger partial charge in [0.2, 0.25) is 6.10 Å². The standard InChI is InChI=1S/C11H11F3N2O3/c1-18-7-3-5-6(4-8(7)19-2)16-10(15-5)9(17)11(12,13)14/h3-4,9,17H,1-2H3,(H,15,16). The molecule has 0 fully saturated rings. The number of H-pyrrole nitrogens is 1. The SMILES string of the molecule is COc1cc2nc(C(O)C(F)(F)F)[nH]c2cc1OC. The number of fused-ring (bicyclic) bond motifs is 1. The number of methoxy groups -OCH3 is 2. The predicted octanol–water partition coefficient (Wildman–Crippen LogP) is 2.18. The van der Waals surface area contributed by atoms with Crippen LogP contribution in [0.3, 0.4) is 0 Å². The summed E-state index contributed by atoms with van der Waals surface area (Å²) in [6.45, 7) is 0. The Hall–Kier alpha value is -1.96. The van der Waals surface area contributed by atoms with Crippen LogP contribution >= 0.6 is 0 Å². The van der Waals surface area contributed by atoms with Crippen molar-refractivity contribution in [2.75, 3.05) is 14.2 Å². The molecular weight excluding hydrogens is 265 g/mol. The molecule has 0 aliphatic rings. The minimum absolute atomic E-state index is 0.246. The first-order chi connectivity index (χ1) is 8.86. The van der Waals surface area contributed by atoms with Crippen LogP contribution in [-0.4, -0.2) is 35.5 Å². The van der Waals surface area contributed by atoms with E-state index < -0.39 is 18.1 Å². The van der Waals surface area contributed by atoms with Crippen LogP contribution in [0.1, 0.15) is 11.9 Å². The lowest BCUT2D eigenvalue weighted by Gasteiger charge is -2.10. The zero-order valence-corrected chi connectivity index (χ0v) is 10.1. The third-order valence-electron chi connectivity index (χ3n) is 2.57. The highest BCUT2D eigenvalue weighted by atomic mass is 19.4. The van der Waals surface area contributed by atoms with Gasteiger partial charge in [-0.1, -0.05) is 0 Å². The maximum Gasteiger partial charge on any atom is 0.421 e. The van der Waals surface area contributed by atoms with Gasteiger partial charge in [0.15, 0.2) is 11.5 Å². The van der Waals surface area contributed by atoms with E-state index in [1.807, 2.05) is 0 Å². The Morgan fingerprint density at radius 3 is 2.32 bits per heavy atom. The van der Waals surface area contributed by atoms with Crippen molar-refractivity contribution in [1.29, 1.82) is 0 Å². The van der Waals surface area contributed by atoms with Crippen molar-refractivity contribution in [3.05, 3.63) is 18.0 Å².